The van der Waals surface area contributed by atoms with Crippen molar-refractivity contribution in [1.29, 1.82) is 0 Å². The molecule has 0 fully saturated rings. The largest absolute Gasteiger partial charge is 0.496 e. The van der Waals surface area contributed by atoms with Crippen molar-refractivity contribution in [3.8, 4) is 11.5 Å². The van der Waals surface area contributed by atoms with Gasteiger partial charge in [-0.1, -0.05) is 23.9 Å². The molecule has 0 aromatic heterocycles. The minimum atomic E-state index is -0.970. The van der Waals surface area contributed by atoms with E-state index in [1.807, 2.05) is 30.1 Å². The Morgan fingerprint density at radius 3 is 1.89 bits per heavy atom. The predicted octanol–water partition coefficient (Wildman–Crippen LogP) is 4.36. The number of rotatable bonds is 6. The zero-order chi connectivity index (χ0) is 24.9. The average Bonchev–Trinajstić information content (AvgIpc) is 3.09. The number of ether oxygens (including phenoxy) is 2. The summed E-state index contributed by atoms with van der Waals surface area (Å²) in [5.74, 6) is -0.656. The molecule has 2 heterocycles. The van der Waals surface area contributed by atoms with Gasteiger partial charge in [0.25, 0.3) is 11.8 Å². The highest BCUT2D eigenvalue weighted by Crippen LogP contribution is 2.53. The van der Waals surface area contributed by atoms with Crippen molar-refractivity contribution >= 4 is 40.9 Å². The van der Waals surface area contributed by atoms with E-state index in [0.717, 1.165) is 21.2 Å². The van der Waals surface area contributed by atoms with Crippen LogP contribution in [0.15, 0.2) is 58.3 Å². The minimum Gasteiger partial charge on any atom is -0.496 e. The number of hydrogen-bond donors (Lipinski definition) is 1. The maximum atomic E-state index is 13.1. The number of amides is 2. The molecule has 8 nitrogen and oxygen atoms in total. The van der Waals surface area contributed by atoms with E-state index in [2.05, 4.69) is 0 Å². The van der Waals surface area contributed by atoms with Crippen LogP contribution in [0.4, 0.5) is 11.4 Å². The number of methoxy groups -OCH3 is 2. The lowest BCUT2D eigenvalue weighted by molar-refractivity contribution is -0.136. The first kappa shape index (κ1) is 22.8. The Hall–Kier alpha value is -3.98. The predicted molar refractivity (Wildman–Crippen MR) is 130 cm³/mol. The molecule has 0 aliphatic carbocycles. The van der Waals surface area contributed by atoms with Crippen LogP contribution in [0.1, 0.15) is 31.8 Å². The molecule has 35 heavy (non-hydrogen) atoms. The molecular formula is C26H22N2O6S. The van der Waals surface area contributed by atoms with E-state index in [0.29, 0.717) is 33.8 Å². The van der Waals surface area contributed by atoms with E-state index >= 15 is 0 Å². The third-order valence-electron chi connectivity index (χ3n) is 6.28. The normalized spacial score (nSPS) is 13.9. The fraction of sp³-hybridized carbons (Fsp3) is 0.192. The third-order valence-corrected chi connectivity index (χ3v) is 7.60. The first-order valence-electron chi connectivity index (χ1n) is 10.8. The maximum absolute atomic E-state index is 13.1. The van der Waals surface area contributed by atoms with Crippen molar-refractivity contribution in [3.05, 3.63) is 70.8 Å². The van der Waals surface area contributed by atoms with Crippen LogP contribution in [0, 0.1) is 0 Å². The third kappa shape index (κ3) is 3.59. The molecule has 0 spiro atoms. The number of carbonyl (C=O) groups is 3. The van der Waals surface area contributed by atoms with Gasteiger partial charge in [-0.2, -0.15) is 0 Å². The number of aliphatic carboxylic acids is 1. The van der Waals surface area contributed by atoms with E-state index in [1.54, 1.807) is 30.3 Å². The lowest BCUT2D eigenvalue weighted by atomic mass is 10.1. The summed E-state index contributed by atoms with van der Waals surface area (Å²) >= 11 is 1.40. The standard InChI is InChI=1S/C26H22N2O6S/c1-27-18-8-10-20(33-2)16(12-22(29)30)23(18)35-24-17(21(34-3)11-9-19(24)27)13-28-25(31)14-6-4-5-7-15(14)26(28)32/h4-11H,12-13H2,1-3H3,(H,29,30). The molecule has 0 radical (unpaired) electrons. The second-order valence-electron chi connectivity index (χ2n) is 8.16. The Balaban J connectivity index is 1.62. The molecule has 0 atom stereocenters. The van der Waals surface area contributed by atoms with Crippen molar-refractivity contribution in [1.82, 2.24) is 4.90 Å². The fourth-order valence-electron chi connectivity index (χ4n) is 4.57. The quantitative estimate of drug-likeness (QED) is 0.509. The van der Waals surface area contributed by atoms with Gasteiger partial charge in [-0.05, 0) is 36.4 Å². The van der Waals surface area contributed by atoms with Gasteiger partial charge in [0.1, 0.15) is 11.5 Å². The summed E-state index contributed by atoms with van der Waals surface area (Å²) in [7, 11) is 4.94. The SMILES string of the molecule is COc1ccc2c(c1CC(=O)O)Sc1c(ccc(OC)c1CN1C(=O)c3ccccc3C1=O)N2C. The van der Waals surface area contributed by atoms with Crippen LogP contribution in [0.5, 0.6) is 11.5 Å². The van der Waals surface area contributed by atoms with Gasteiger partial charge in [0, 0.05) is 28.0 Å². The van der Waals surface area contributed by atoms with Crippen LogP contribution in [0.3, 0.4) is 0 Å². The number of carbonyl (C=O) groups excluding carboxylic acids is 2. The molecule has 0 saturated carbocycles. The number of nitrogens with zero attached hydrogens (tertiary/aromatic N) is 2. The van der Waals surface area contributed by atoms with Crippen molar-refractivity contribution < 1.29 is 29.0 Å². The van der Waals surface area contributed by atoms with E-state index in [1.165, 1.54) is 30.9 Å². The zero-order valence-electron chi connectivity index (χ0n) is 19.3. The van der Waals surface area contributed by atoms with Crippen LogP contribution < -0.4 is 14.4 Å². The molecule has 3 aromatic carbocycles. The highest BCUT2D eigenvalue weighted by atomic mass is 32.2. The molecule has 3 aromatic rings. The number of carboxylic acid groups (broad SMARTS) is 1. The van der Waals surface area contributed by atoms with Crippen LogP contribution in [-0.4, -0.2) is 49.1 Å². The van der Waals surface area contributed by atoms with Gasteiger partial charge in [0.15, 0.2) is 0 Å². The van der Waals surface area contributed by atoms with Gasteiger partial charge in [0.2, 0.25) is 0 Å². The van der Waals surface area contributed by atoms with Crippen LogP contribution >= 0.6 is 11.8 Å². The molecule has 0 saturated heterocycles. The van der Waals surface area contributed by atoms with E-state index < -0.39 is 5.97 Å². The first-order chi connectivity index (χ1) is 16.8. The zero-order valence-corrected chi connectivity index (χ0v) is 20.1. The lowest BCUT2D eigenvalue weighted by Crippen LogP contribution is -2.30. The fourth-order valence-corrected chi connectivity index (χ4v) is 5.98. The number of imide groups is 1. The summed E-state index contributed by atoms with van der Waals surface area (Å²) in [6.45, 7) is 0.0209. The van der Waals surface area contributed by atoms with Crippen molar-refractivity contribution in [2.24, 2.45) is 0 Å². The summed E-state index contributed by atoms with van der Waals surface area (Å²) in [6, 6.07) is 14.2. The van der Waals surface area contributed by atoms with E-state index in [9.17, 15) is 19.5 Å². The Labute approximate surface area is 206 Å². The smallest absolute Gasteiger partial charge is 0.308 e. The molecule has 1 N–H and O–H groups in total. The summed E-state index contributed by atoms with van der Waals surface area (Å²) in [5, 5.41) is 9.54. The van der Waals surface area contributed by atoms with E-state index in [4.69, 9.17) is 9.47 Å². The van der Waals surface area contributed by atoms with Crippen molar-refractivity contribution in [2.45, 2.75) is 22.8 Å². The molecule has 2 aliphatic rings. The second kappa shape index (κ2) is 8.66. The molecule has 0 unspecified atom stereocenters. The Morgan fingerprint density at radius 1 is 0.857 bits per heavy atom. The number of benzene rings is 3. The highest BCUT2D eigenvalue weighted by Gasteiger charge is 2.37. The van der Waals surface area contributed by atoms with Crippen molar-refractivity contribution in [3.63, 3.8) is 0 Å². The number of fused-ring (bicyclic) bond motifs is 3. The average molecular weight is 491 g/mol. The Morgan fingerprint density at radius 2 is 1.37 bits per heavy atom. The second-order valence-corrected chi connectivity index (χ2v) is 9.18. The van der Waals surface area contributed by atoms with Gasteiger partial charge >= 0.3 is 5.97 Å². The molecule has 178 valence electrons. The molecule has 2 aliphatic heterocycles. The summed E-state index contributed by atoms with van der Waals surface area (Å²) in [4.78, 5) is 42.5. The Kier molecular flexibility index (Phi) is 5.64. The maximum Gasteiger partial charge on any atom is 0.308 e. The van der Waals surface area contributed by atoms with Gasteiger partial charge in [-0.15, -0.1) is 0 Å². The van der Waals surface area contributed by atoms with Gasteiger partial charge < -0.3 is 19.5 Å². The summed E-state index contributed by atoms with van der Waals surface area (Å²) in [6.07, 6.45) is -0.208. The van der Waals surface area contributed by atoms with Crippen LogP contribution in [0.25, 0.3) is 0 Å². The first-order valence-corrected chi connectivity index (χ1v) is 11.7. The number of hydrogen-bond acceptors (Lipinski definition) is 7. The molecular weight excluding hydrogens is 468 g/mol. The van der Waals surface area contributed by atoms with E-state index in [-0.39, 0.29) is 24.8 Å². The highest BCUT2D eigenvalue weighted by molar-refractivity contribution is 7.99. The van der Waals surface area contributed by atoms with Crippen LogP contribution in [0.2, 0.25) is 0 Å². The topological polar surface area (TPSA) is 96.4 Å². The molecule has 9 heteroatoms. The van der Waals surface area contributed by atoms with Gasteiger partial charge in [0.05, 0.1) is 49.7 Å². The Bertz CT molecular complexity index is 1370. The van der Waals surface area contributed by atoms with Crippen molar-refractivity contribution in [2.75, 3.05) is 26.2 Å². The van der Waals surface area contributed by atoms with Gasteiger partial charge in [-0.3, -0.25) is 19.3 Å². The summed E-state index contributed by atoms with van der Waals surface area (Å²) < 4.78 is 11.1. The number of anilines is 2. The minimum absolute atomic E-state index is 0.0209. The summed E-state index contributed by atoms with van der Waals surface area (Å²) in [5.41, 5.74) is 3.70. The lowest BCUT2D eigenvalue weighted by Gasteiger charge is -2.33. The molecule has 5 rings (SSSR count). The molecule has 0 bridgehead atoms. The van der Waals surface area contributed by atoms with Gasteiger partial charge in [-0.25, -0.2) is 0 Å². The molecule has 2 amide bonds. The van der Waals surface area contributed by atoms with Crippen LogP contribution in [-0.2, 0) is 17.8 Å². The number of carboxylic acids is 1. The monoisotopic (exact) mass is 490 g/mol.